The molecular formula is C26H31N5O2. The first-order valence-corrected chi connectivity index (χ1v) is 11.7. The maximum Gasteiger partial charge on any atom is 0.219 e. The number of benzene rings is 1. The Morgan fingerprint density at radius 3 is 2.67 bits per heavy atom. The fourth-order valence-electron chi connectivity index (χ4n) is 4.78. The molecule has 33 heavy (non-hydrogen) atoms. The second-order valence-electron chi connectivity index (χ2n) is 9.16. The number of pyridine rings is 1. The van der Waals surface area contributed by atoms with Gasteiger partial charge in [0.2, 0.25) is 5.91 Å². The van der Waals surface area contributed by atoms with Crippen molar-refractivity contribution in [3.05, 3.63) is 59.1 Å². The van der Waals surface area contributed by atoms with Gasteiger partial charge in [0, 0.05) is 60.8 Å². The third-order valence-corrected chi connectivity index (χ3v) is 6.81. The van der Waals surface area contributed by atoms with E-state index in [0.29, 0.717) is 38.2 Å². The van der Waals surface area contributed by atoms with Gasteiger partial charge in [-0.2, -0.15) is 0 Å². The number of hydrogen-bond acceptors (Lipinski definition) is 5. The van der Waals surface area contributed by atoms with E-state index in [2.05, 4.69) is 39.5 Å². The van der Waals surface area contributed by atoms with Crippen molar-refractivity contribution in [3.8, 4) is 11.1 Å². The minimum Gasteiger partial charge on any atom is -0.381 e. The highest BCUT2D eigenvalue weighted by atomic mass is 16.5. The fraction of sp³-hybridized carbons (Fsp3) is 0.423. The average molecular weight is 446 g/mol. The Morgan fingerprint density at radius 1 is 1.15 bits per heavy atom. The molecule has 7 nitrogen and oxygen atoms in total. The maximum absolute atomic E-state index is 12.1. The largest absolute Gasteiger partial charge is 0.381 e. The van der Waals surface area contributed by atoms with Crippen LogP contribution in [0.15, 0.2) is 47.8 Å². The van der Waals surface area contributed by atoms with Gasteiger partial charge in [0.1, 0.15) is 5.84 Å². The van der Waals surface area contributed by atoms with Crippen LogP contribution in [-0.2, 0) is 16.0 Å². The smallest absolute Gasteiger partial charge is 0.219 e. The molecule has 0 spiro atoms. The summed E-state index contributed by atoms with van der Waals surface area (Å²) in [5.41, 5.74) is 7.62. The van der Waals surface area contributed by atoms with E-state index in [0.717, 1.165) is 59.6 Å². The number of anilines is 1. The van der Waals surface area contributed by atoms with E-state index in [1.807, 2.05) is 24.1 Å². The van der Waals surface area contributed by atoms with Gasteiger partial charge in [-0.3, -0.25) is 15.2 Å². The molecule has 2 aromatic rings. The van der Waals surface area contributed by atoms with Crippen LogP contribution in [0.2, 0.25) is 0 Å². The first-order valence-electron chi connectivity index (χ1n) is 11.7. The van der Waals surface area contributed by atoms with Crippen LogP contribution in [0.3, 0.4) is 0 Å². The summed E-state index contributed by atoms with van der Waals surface area (Å²) in [6.07, 6.45) is 4.65. The summed E-state index contributed by atoms with van der Waals surface area (Å²) >= 11 is 0. The van der Waals surface area contributed by atoms with Crippen molar-refractivity contribution >= 4 is 17.4 Å². The fourth-order valence-corrected chi connectivity index (χ4v) is 4.78. The lowest BCUT2D eigenvalue weighted by atomic mass is 9.95. The molecule has 1 amide bonds. The van der Waals surface area contributed by atoms with E-state index in [1.165, 1.54) is 5.56 Å². The molecule has 7 heteroatoms. The van der Waals surface area contributed by atoms with E-state index in [1.54, 1.807) is 6.92 Å². The highest BCUT2D eigenvalue weighted by Crippen LogP contribution is 2.33. The minimum atomic E-state index is 0.0571. The van der Waals surface area contributed by atoms with Crippen LogP contribution in [0.1, 0.15) is 31.0 Å². The standard InChI is InChI=1S/C26H31N5O2/c1-17-5-6-21(13-28-17)19-7-8-25-20(12-19)4-3-10-31(25)26(27)23-14-30(18(2)32)11-9-24(23)29-22-15-33-16-22/h5-8,12-13,22,27,29H,3-4,9-11,14-16H2,1-2H3. The second-order valence-corrected chi connectivity index (χ2v) is 9.16. The zero-order chi connectivity index (χ0) is 22.9. The van der Waals surface area contributed by atoms with Crippen molar-refractivity contribution in [3.63, 3.8) is 0 Å². The number of amidine groups is 1. The van der Waals surface area contributed by atoms with Gasteiger partial charge in [-0.05, 0) is 49.1 Å². The molecule has 4 heterocycles. The zero-order valence-corrected chi connectivity index (χ0v) is 19.4. The number of nitrogens with zero attached hydrogens (tertiary/aromatic N) is 3. The molecule has 0 unspecified atom stereocenters. The summed E-state index contributed by atoms with van der Waals surface area (Å²) in [4.78, 5) is 20.5. The predicted octanol–water partition coefficient (Wildman–Crippen LogP) is 3.28. The van der Waals surface area contributed by atoms with Crippen molar-refractivity contribution in [1.82, 2.24) is 15.2 Å². The number of rotatable bonds is 4. The Morgan fingerprint density at radius 2 is 1.97 bits per heavy atom. The van der Waals surface area contributed by atoms with E-state index in [4.69, 9.17) is 4.74 Å². The van der Waals surface area contributed by atoms with E-state index in [9.17, 15) is 10.2 Å². The van der Waals surface area contributed by atoms with Crippen molar-refractivity contribution in [2.75, 3.05) is 37.7 Å². The number of hydrogen-bond donors (Lipinski definition) is 2. The lowest BCUT2D eigenvalue weighted by Crippen LogP contribution is -2.50. The molecule has 1 fully saturated rings. The summed E-state index contributed by atoms with van der Waals surface area (Å²) in [6.45, 7) is 6.97. The molecule has 0 saturated carbocycles. The van der Waals surface area contributed by atoms with Crippen molar-refractivity contribution in [1.29, 1.82) is 5.41 Å². The molecule has 1 saturated heterocycles. The van der Waals surface area contributed by atoms with Gasteiger partial charge in [0.05, 0.1) is 25.8 Å². The highest BCUT2D eigenvalue weighted by molar-refractivity contribution is 6.09. The van der Waals surface area contributed by atoms with Crippen LogP contribution >= 0.6 is 0 Å². The lowest BCUT2D eigenvalue weighted by molar-refractivity contribution is -0.128. The highest BCUT2D eigenvalue weighted by Gasteiger charge is 2.30. The lowest BCUT2D eigenvalue weighted by Gasteiger charge is -2.38. The molecule has 0 bridgehead atoms. The zero-order valence-electron chi connectivity index (χ0n) is 19.4. The molecule has 3 aliphatic heterocycles. The van der Waals surface area contributed by atoms with Gasteiger partial charge < -0.3 is 19.9 Å². The second kappa shape index (κ2) is 8.98. The summed E-state index contributed by atoms with van der Waals surface area (Å²) < 4.78 is 5.33. The Kier molecular flexibility index (Phi) is 5.89. The molecule has 5 rings (SSSR count). The number of carbonyl (C=O) groups is 1. The number of fused-ring (bicyclic) bond motifs is 1. The number of aryl methyl sites for hydroxylation is 2. The van der Waals surface area contributed by atoms with Crippen molar-refractivity contribution in [2.24, 2.45) is 0 Å². The van der Waals surface area contributed by atoms with E-state index >= 15 is 0 Å². The molecule has 1 aromatic carbocycles. The molecule has 2 N–H and O–H groups in total. The third-order valence-electron chi connectivity index (χ3n) is 6.81. The molecular weight excluding hydrogens is 414 g/mol. The van der Waals surface area contributed by atoms with Crippen LogP contribution in [0, 0.1) is 12.3 Å². The van der Waals surface area contributed by atoms with Gasteiger partial charge in [0.15, 0.2) is 0 Å². The Hall–Kier alpha value is -3.19. The number of ether oxygens (including phenoxy) is 1. The number of amides is 1. The first-order chi connectivity index (χ1) is 16.0. The molecule has 172 valence electrons. The quantitative estimate of drug-likeness (QED) is 0.558. The Labute approximate surface area is 195 Å². The van der Waals surface area contributed by atoms with E-state index < -0.39 is 0 Å². The number of nitrogens with one attached hydrogen (secondary N) is 2. The van der Waals surface area contributed by atoms with Gasteiger partial charge >= 0.3 is 0 Å². The summed E-state index contributed by atoms with van der Waals surface area (Å²) in [5, 5.41) is 12.8. The van der Waals surface area contributed by atoms with E-state index in [-0.39, 0.29) is 5.91 Å². The van der Waals surface area contributed by atoms with Gasteiger partial charge in [-0.1, -0.05) is 12.1 Å². The summed E-state index contributed by atoms with van der Waals surface area (Å²) in [5.74, 6) is 0.552. The number of aromatic nitrogens is 1. The summed E-state index contributed by atoms with van der Waals surface area (Å²) in [7, 11) is 0. The molecule has 1 aromatic heterocycles. The van der Waals surface area contributed by atoms with Crippen LogP contribution < -0.4 is 10.2 Å². The monoisotopic (exact) mass is 445 g/mol. The van der Waals surface area contributed by atoms with Gasteiger partial charge in [-0.15, -0.1) is 0 Å². The normalized spacial score (nSPS) is 18.6. The first kappa shape index (κ1) is 21.6. The topological polar surface area (TPSA) is 81.6 Å². The molecule has 0 radical (unpaired) electrons. The maximum atomic E-state index is 12.1. The van der Waals surface area contributed by atoms with Crippen LogP contribution in [-0.4, -0.2) is 60.5 Å². The van der Waals surface area contributed by atoms with Crippen molar-refractivity contribution < 1.29 is 9.53 Å². The minimum absolute atomic E-state index is 0.0571. The SMILES string of the molecule is CC(=O)N1CCC(NC2COC2)=C(C(=N)N2CCCc3cc(-c4ccc(C)nc4)ccc32)C1. The van der Waals surface area contributed by atoms with Crippen LogP contribution in [0.4, 0.5) is 5.69 Å². The van der Waals surface area contributed by atoms with Crippen LogP contribution in [0.25, 0.3) is 11.1 Å². The number of carbonyl (C=O) groups excluding carboxylic acids is 1. The Bertz CT molecular complexity index is 1100. The Balaban J connectivity index is 1.45. The van der Waals surface area contributed by atoms with Crippen molar-refractivity contribution in [2.45, 2.75) is 39.2 Å². The molecule has 0 atom stereocenters. The van der Waals surface area contributed by atoms with Crippen LogP contribution in [0.5, 0.6) is 0 Å². The molecule has 3 aliphatic rings. The summed E-state index contributed by atoms with van der Waals surface area (Å²) in [6, 6.07) is 10.9. The molecule has 0 aliphatic carbocycles. The van der Waals surface area contributed by atoms with Gasteiger partial charge in [-0.25, -0.2) is 0 Å². The van der Waals surface area contributed by atoms with Gasteiger partial charge in [0.25, 0.3) is 0 Å². The average Bonchev–Trinajstić information content (AvgIpc) is 2.80. The predicted molar refractivity (Wildman–Crippen MR) is 129 cm³/mol. The third kappa shape index (κ3) is 4.37.